The van der Waals surface area contributed by atoms with Crippen molar-refractivity contribution in [1.82, 2.24) is 4.90 Å². The van der Waals surface area contributed by atoms with Crippen LogP contribution in [0.1, 0.15) is 37.7 Å². The first-order chi connectivity index (χ1) is 10.6. The quantitative estimate of drug-likeness (QED) is 0.907. The van der Waals surface area contributed by atoms with Crippen molar-refractivity contribution in [2.24, 2.45) is 0 Å². The zero-order valence-electron chi connectivity index (χ0n) is 13.2. The number of benzene rings is 1. The SMILES string of the molecule is COC1(CC(=O)N2CC[C@H](O)[C@@H]2Cc2ccccc2)CCC1. The zero-order valence-corrected chi connectivity index (χ0v) is 13.2. The fraction of sp³-hybridized carbons (Fsp3) is 0.611. The van der Waals surface area contributed by atoms with Crippen molar-refractivity contribution in [2.75, 3.05) is 13.7 Å². The normalized spacial score (nSPS) is 26.7. The number of ether oxygens (including phenoxy) is 1. The number of amides is 1. The third kappa shape index (κ3) is 3.03. The van der Waals surface area contributed by atoms with Crippen LogP contribution in [0.25, 0.3) is 0 Å². The van der Waals surface area contributed by atoms with E-state index in [4.69, 9.17) is 4.74 Å². The van der Waals surface area contributed by atoms with Gasteiger partial charge < -0.3 is 14.7 Å². The van der Waals surface area contributed by atoms with Gasteiger partial charge in [0.25, 0.3) is 0 Å². The molecule has 4 heteroatoms. The molecule has 22 heavy (non-hydrogen) atoms. The molecule has 1 aromatic carbocycles. The van der Waals surface area contributed by atoms with E-state index in [-0.39, 0.29) is 17.6 Å². The Bertz CT molecular complexity index is 507. The summed E-state index contributed by atoms with van der Waals surface area (Å²) in [5.41, 5.74) is 0.915. The molecule has 1 amide bonds. The minimum atomic E-state index is -0.427. The van der Waals surface area contributed by atoms with Crippen LogP contribution >= 0.6 is 0 Å². The van der Waals surface area contributed by atoms with Crippen LogP contribution in [-0.4, -0.2) is 47.3 Å². The molecule has 120 valence electrons. The first kappa shape index (κ1) is 15.5. The molecule has 0 bridgehead atoms. The molecule has 2 fully saturated rings. The molecule has 3 rings (SSSR count). The monoisotopic (exact) mass is 303 g/mol. The van der Waals surface area contributed by atoms with Gasteiger partial charge in [0.15, 0.2) is 0 Å². The van der Waals surface area contributed by atoms with Crippen molar-refractivity contribution in [2.45, 2.75) is 56.3 Å². The molecule has 1 aromatic rings. The average Bonchev–Trinajstić information content (AvgIpc) is 2.85. The van der Waals surface area contributed by atoms with Crippen LogP contribution in [0.5, 0.6) is 0 Å². The van der Waals surface area contributed by atoms with Gasteiger partial charge in [-0.15, -0.1) is 0 Å². The van der Waals surface area contributed by atoms with Gasteiger partial charge in [0.05, 0.1) is 24.2 Å². The summed E-state index contributed by atoms with van der Waals surface area (Å²) in [7, 11) is 1.70. The maximum atomic E-state index is 12.7. The van der Waals surface area contributed by atoms with E-state index < -0.39 is 6.10 Å². The molecule has 2 atom stereocenters. The Hall–Kier alpha value is -1.39. The first-order valence-electron chi connectivity index (χ1n) is 8.20. The molecule has 1 saturated heterocycles. The smallest absolute Gasteiger partial charge is 0.225 e. The number of methoxy groups -OCH3 is 1. The predicted octanol–water partition coefficient (Wildman–Crippen LogP) is 2.15. The second kappa shape index (κ2) is 6.39. The van der Waals surface area contributed by atoms with Crippen LogP contribution in [0.2, 0.25) is 0 Å². The number of nitrogens with zero attached hydrogens (tertiary/aromatic N) is 1. The highest BCUT2D eigenvalue weighted by molar-refractivity contribution is 5.78. The summed E-state index contributed by atoms with van der Waals surface area (Å²) in [5, 5.41) is 10.3. The van der Waals surface area contributed by atoms with Crippen LogP contribution < -0.4 is 0 Å². The van der Waals surface area contributed by atoms with Gasteiger partial charge in [0, 0.05) is 13.7 Å². The molecule has 0 spiro atoms. The molecule has 1 saturated carbocycles. The van der Waals surface area contributed by atoms with Gasteiger partial charge in [0.2, 0.25) is 5.91 Å². The molecule has 1 N–H and O–H groups in total. The Labute approximate surface area is 132 Å². The lowest BCUT2D eigenvalue weighted by molar-refractivity contribution is -0.145. The predicted molar refractivity (Wildman–Crippen MR) is 84.5 cm³/mol. The lowest BCUT2D eigenvalue weighted by atomic mass is 9.77. The Morgan fingerprint density at radius 1 is 1.36 bits per heavy atom. The van der Waals surface area contributed by atoms with E-state index in [1.165, 1.54) is 0 Å². The summed E-state index contributed by atoms with van der Waals surface area (Å²) in [6.45, 7) is 0.650. The topological polar surface area (TPSA) is 49.8 Å². The van der Waals surface area contributed by atoms with Gasteiger partial charge in [-0.1, -0.05) is 30.3 Å². The van der Waals surface area contributed by atoms with Gasteiger partial charge >= 0.3 is 0 Å². The average molecular weight is 303 g/mol. The number of aliphatic hydroxyl groups excluding tert-OH is 1. The third-order valence-corrected chi connectivity index (χ3v) is 5.29. The molecule has 2 aliphatic rings. The summed E-state index contributed by atoms with van der Waals surface area (Å²) >= 11 is 0. The molecular weight excluding hydrogens is 278 g/mol. The highest BCUT2D eigenvalue weighted by Gasteiger charge is 2.43. The molecule has 0 radical (unpaired) electrons. The largest absolute Gasteiger partial charge is 0.391 e. The minimum absolute atomic E-state index is 0.108. The van der Waals surface area contributed by atoms with Crippen LogP contribution in [-0.2, 0) is 16.0 Å². The third-order valence-electron chi connectivity index (χ3n) is 5.29. The summed E-state index contributed by atoms with van der Waals surface area (Å²) in [6, 6.07) is 9.97. The minimum Gasteiger partial charge on any atom is -0.391 e. The number of hydrogen-bond acceptors (Lipinski definition) is 3. The fourth-order valence-electron chi connectivity index (χ4n) is 3.65. The Morgan fingerprint density at radius 2 is 2.09 bits per heavy atom. The second-order valence-electron chi connectivity index (χ2n) is 6.62. The van der Waals surface area contributed by atoms with E-state index in [1.807, 2.05) is 23.1 Å². The maximum absolute atomic E-state index is 12.7. The number of carbonyl (C=O) groups is 1. The van der Waals surface area contributed by atoms with Gasteiger partial charge in [-0.25, -0.2) is 0 Å². The van der Waals surface area contributed by atoms with Crippen LogP contribution in [0.3, 0.4) is 0 Å². The lowest BCUT2D eigenvalue weighted by Crippen LogP contribution is -2.48. The summed E-state index contributed by atoms with van der Waals surface area (Å²) < 4.78 is 5.57. The molecular formula is C18H25NO3. The number of aliphatic hydroxyl groups is 1. The summed E-state index contributed by atoms with van der Waals surface area (Å²) in [4.78, 5) is 14.6. The van der Waals surface area contributed by atoms with E-state index in [0.29, 0.717) is 25.8 Å². The molecule has 1 heterocycles. The van der Waals surface area contributed by atoms with Crippen LogP contribution in [0, 0.1) is 0 Å². The Kier molecular flexibility index (Phi) is 4.50. The van der Waals surface area contributed by atoms with E-state index in [2.05, 4.69) is 12.1 Å². The van der Waals surface area contributed by atoms with Gasteiger partial charge in [-0.2, -0.15) is 0 Å². The van der Waals surface area contributed by atoms with Gasteiger partial charge in [-0.05, 0) is 37.7 Å². The van der Waals surface area contributed by atoms with Gasteiger partial charge in [-0.3, -0.25) is 4.79 Å². The van der Waals surface area contributed by atoms with Crippen molar-refractivity contribution < 1.29 is 14.6 Å². The van der Waals surface area contributed by atoms with Crippen molar-refractivity contribution in [1.29, 1.82) is 0 Å². The molecule has 0 aromatic heterocycles. The van der Waals surface area contributed by atoms with Crippen molar-refractivity contribution in [3.8, 4) is 0 Å². The lowest BCUT2D eigenvalue weighted by Gasteiger charge is -2.41. The first-order valence-corrected chi connectivity index (χ1v) is 8.20. The van der Waals surface area contributed by atoms with Crippen molar-refractivity contribution in [3.05, 3.63) is 35.9 Å². The summed E-state index contributed by atoms with van der Waals surface area (Å²) in [6.07, 6.45) is 4.48. The van der Waals surface area contributed by atoms with E-state index in [0.717, 1.165) is 24.8 Å². The summed E-state index contributed by atoms with van der Waals surface area (Å²) in [5.74, 6) is 0.124. The van der Waals surface area contributed by atoms with Crippen molar-refractivity contribution in [3.63, 3.8) is 0 Å². The van der Waals surface area contributed by atoms with E-state index in [1.54, 1.807) is 7.11 Å². The Morgan fingerprint density at radius 3 is 2.68 bits per heavy atom. The number of rotatable bonds is 5. The number of likely N-dealkylation sites (tertiary alicyclic amines) is 1. The number of carbonyl (C=O) groups excluding carboxylic acids is 1. The second-order valence-corrected chi connectivity index (χ2v) is 6.62. The van der Waals surface area contributed by atoms with Gasteiger partial charge in [0.1, 0.15) is 0 Å². The number of hydrogen-bond donors (Lipinski definition) is 1. The van der Waals surface area contributed by atoms with Crippen LogP contribution in [0.15, 0.2) is 30.3 Å². The molecule has 4 nitrogen and oxygen atoms in total. The zero-order chi connectivity index (χ0) is 15.6. The van der Waals surface area contributed by atoms with E-state index in [9.17, 15) is 9.90 Å². The standard InChI is InChI=1S/C18H25NO3/c1-22-18(9-5-10-18)13-17(21)19-11-8-16(20)15(19)12-14-6-3-2-4-7-14/h2-4,6-7,15-16,20H,5,8-13H2,1H3/t15-,16-/m0/s1. The molecule has 1 aliphatic carbocycles. The highest BCUT2D eigenvalue weighted by atomic mass is 16.5. The Balaban J connectivity index is 1.67. The molecule has 0 unspecified atom stereocenters. The highest BCUT2D eigenvalue weighted by Crippen LogP contribution is 2.39. The fourth-order valence-corrected chi connectivity index (χ4v) is 3.65. The van der Waals surface area contributed by atoms with Crippen LogP contribution in [0.4, 0.5) is 0 Å². The van der Waals surface area contributed by atoms with Crippen molar-refractivity contribution >= 4 is 5.91 Å². The molecule has 1 aliphatic heterocycles. The maximum Gasteiger partial charge on any atom is 0.225 e. The van der Waals surface area contributed by atoms with E-state index >= 15 is 0 Å².